The maximum Gasteiger partial charge on any atom is 0.230 e. The van der Waals surface area contributed by atoms with Crippen molar-refractivity contribution in [3.63, 3.8) is 0 Å². The summed E-state index contributed by atoms with van der Waals surface area (Å²) >= 11 is 7.69. The van der Waals surface area contributed by atoms with Crippen LogP contribution in [0.1, 0.15) is 30.5 Å². The minimum absolute atomic E-state index is 0.0179. The van der Waals surface area contributed by atoms with Gasteiger partial charge in [-0.1, -0.05) is 48.9 Å². The summed E-state index contributed by atoms with van der Waals surface area (Å²) in [6.45, 7) is 2.06. The molecule has 0 aromatic heterocycles. The van der Waals surface area contributed by atoms with E-state index < -0.39 is 0 Å². The molecule has 2 rings (SSSR count). The lowest BCUT2D eigenvalue weighted by atomic mass is 10.0. The number of halogens is 1. The molecule has 0 aliphatic rings. The van der Waals surface area contributed by atoms with E-state index in [1.807, 2.05) is 48.5 Å². The van der Waals surface area contributed by atoms with Crippen molar-refractivity contribution in [1.29, 1.82) is 0 Å². The van der Waals surface area contributed by atoms with Crippen molar-refractivity contribution in [2.45, 2.75) is 25.1 Å². The van der Waals surface area contributed by atoms with Gasteiger partial charge in [-0.2, -0.15) is 0 Å². The number of methoxy groups -OCH3 is 1. The zero-order valence-electron chi connectivity index (χ0n) is 13.9. The molecule has 1 amide bonds. The van der Waals surface area contributed by atoms with Crippen molar-refractivity contribution >= 4 is 29.3 Å². The van der Waals surface area contributed by atoms with Gasteiger partial charge in [-0.25, -0.2) is 0 Å². The Hall–Kier alpha value is -1.65. The Morgan fingerprint density at radius 3 is 2.54 bits per heavy atom. The molecule has 1 N–H and O–H groups in total. The second-order valence-electron chi connectivity index (χ2n) is 5.39. The lowest BCUT2D eigenvalue weighted by Gasteiger charge is -2.18. The van der Waals surface area contributed by atoms with Crippen LogP contribution in [0.3, 0.4) is 0 Å². The third-order valence-electron chi connectivity index (χ3n) is 3.71. The van der Waals surface area contributed by atoms with Crippen LogP contribution >= 0.6 is 23.4 Å². The highest BCUT2D eigenvalue weighted by Crippen LogP contribution is 2.22. The molecule has 0 spiro atoms. The summed E-state index contributed by atoms with van der Waals surface area (Å²) in [5, 5.41) is 3.83. The Morgan fingerprint density at radius 2 is 1.92 bits per heavy atom. The van der Waals surface area contributed by atoms with Crippen molar-refractivity contribution < 1.29 is 9.53 Å². The second-order valence-corrected chi connectivity index (χ2v) is 6.78. The monoisotopic (exact) mass is 363 g/mol. The molecule has 128 valence electrons. The molecular weight excluding hydrogens is 342 g/mol. The summed E-state index contributed by atoms with van der Waals surface area (Å²) in [5.41, 5.74) is 2.14. The number of benzene rings is 2. The van der Waals surface area contributed by atoms with Gasteiger partial charge < -0.3 is 10.1 Å². The Labute approximate surface area is 152 Å². The Bertz CT molecular complexity index is 661. The topological polar surface area (TPSA) is 38.3 Å². The van der Waals surface area contributed by atoms with Crippen molar-refractivity contribution in [1.82, 2.24) is 5.32 Å². The van der Waals surface area contributed by atoms with E-state index in [2.05, 4.69) is 12.2 Å². The number of carbonyl (C=O) groups is 1. The molecule has 0 radical (unpaired) electrons. The highest BCUT2D eigenvalue weighted by molar-refractivity contribution is 7.99. The van der Waals surface area contributed by atoms with Gasteiger partial charge in [-0.3, -0.25) is 4.79 Å². The molecule has 0 unspecified atom stereocenters. The number of hydrogen-bond donors (Lipinski definition) is 1. The van der Waals surface area contributed by atoms with E-state index in [9.17, 15) is 4.79 Å². The van der Waals surface area contributed by atoms with E-state index in [1.165, 1.54) is 0 Å². The Kier molecular flexibility index (Phi) is 7.47. The predicted octanol–water partition coefficient (Wildman–Crippen LogP) is 4.85. The van der Waals surface area contributed by atoms with Crippen LogP contribution in [0, 0.1) is 0 Å². The molecule has 0 saturated heterocycles. The maximum absolute atomic E-state index is 12.2. The lowest BCUT2D eigenvalue weighted by molar-refractivity contribution is -0.119. The maximum atomic E-state index is 12.2. The highest BCUT2D eigenvalue weighted by atomic mass is 35.5. The van der Waals surface area contributed by atoms with Gasteiger partial charge in [0, 0.05) is 10.8 Å². The van der Waals surface area contributed by atoms with Gasteiger partial charge in [0.15, 0.2) is 0 Å². The number of hydrogen-bond acceptors (Lipinski definition) is 3. The van der Waals surface area contributed by atoms with E-state index in [0.717, 1.165) is 34.1 Å². The number of nitrogens with one attached hydrogen (secondary N) is 1. The first-order valence-electron chi connectivity index (χ1n) is 7.88. The van der Waals surface area contributed by atoms with E-state index in [0.29, 0.717) is 5.75 Å². The lowest BCUT2D eigenvalue weighted by Crippen LogP contribution is -2.29. The summed E-state index contributed by atoms with van der Waals surface area (Å²) < 4.78 is 5.17. The van der Waals surface area contributed by atoms with Gasteiger partial charge in [0.25, 0.3) is 0 Å². The fourth-order valence-electron chi connectivity index (χ4n) is 2.36. The van der Waals surface area contributed by atoms with Crippen LogP contribution in [0.4, 0.5) is 0 Å². The first-order valence-corrected chi connectivity index (χ1v) is 9.41. The third-order valence-corrected chi connectivity index (χ3v) is 5.06. The average molecular weight is 364 g/mol. The molecule has 24 heavy (non-hydrogen) atoms. The van der Waals surface area contributed by atoms with Gasteiger partial charge in [0.2, 0.25) is 5.91 Å². The molecule has 0 heterocycles. The molecule has 0 saturated carbocycles. The van der Waals surface area contributed by atoms with Gasteiger partial charge in [-0.15, -0.1) is 11.8 Å². The van der Waals surface area contributed by atoms with Crippen LogP contribution in [0.2, 0.25) is 5.02 Å². The Morgan fingerprint density at radius 1 is 1.21 bits per heavy atom. The van der Waals surface area contributed by atoms with Crippen molar-refractivity contribution in [3.05, 3.63) is 64.7 Å². The first kappa shape index (κ1) is 18.7. The molecule has 3 nitrogen and oxygen atoms in total. The predicted molar refractivity (Wildman–Crippen MR) is 102 cm³/mol. The number of amides is 1. The van der Waals surface area contributed by atoms with Gasteiger partial charge in [-0.05, 0) is 35.7 Å². The molecule has 1 atom stereocenters. The summed E-state index contributed by atoms with van der Waals surface area (Å²) in [7, 11) is 1.64. The van der Waals surface area contributed by atoms with E-state index >= 15 is 0 Å². The van der Waals surface area contributed by atoms with Gasteiger partial charge >= 0.3 is 0 Å². The van der Waals surface area contributed by atoms with E-state index in [-0.39, 0.29) is 11.9 Å². The third kappa shape index (κ3) is 5.46. The summed E-state index contributed by atoms with van der Waals surface area (Å²) in [4.78, 5) is 12.2. The molecule has 0 fully saturated rings. The number of ether oxygens (including phenoxy) is 1. The fourth-order valence-corrected chi connectivity index (χ4v) is 3.49. The van der Waals surface area contributed by atoms with Crippen LogP contribution in [0.25, 0.3) is 0 Å². The molecule has 0 aliphatic carbocycles. The zero-order chi connectivity index (χ0) is 17.4. The summed E-state index contributed by atoms with van der Waals surface area (Å²) in [5.74, 6) is 1.99. The van der Waals surface area contributed by atoms with E-state index in [1.54, 1.807) is 18.9 Å². The quantitative estimate of drug-likeness (QED) is 0.728. The minimum atomic E-state index is 0.0179. The Balaban J connectivity index is 1.84. The van der Waals surface area contributed by atoms with Gasteiger partial charge in [0.05, 0.1) is 18.9 Å². The first-order chi connectivity index (χ1) is 11.6. The van der Waals surface area contributed by atoms with Crippen molar-refractivity contribution in [2.24, 2.45) is 0 Å². The van der Waals surface area contributed by atoms with Gasteiger partial charge in [0.1, 0.15) is 5.75 Å². The zero-order valence-corrected chi connectivity index (χ0v) is 15.5. The van der Waals surface area contributed by atoms with E-state index in [4.69, 9.17) is 16.3 Å². The molecule has 5 heteroatoms. The molecule has 2 aromatic rings. The SMILES string of the molecule is CC[C@H](NC(=O)CSCc1ccccc1Cl)c1ccc(OC)cc1. The number of thioether (sulfide) groups is 1. The normalized spacial score (nSPS) is 11.8. The standard InChI is InChI=1S/C19H22ClNO2S/c1-3-18(14-8-10-16(23-2)11-9-14)21-19(22)13-24-12-15-6-4-5-7-17(15)20/h4-11,18H,3,12-13H2,1-2H3,(H,21,22)/t18-/m0/s1. The number of carbonyl (C=O) groups excluding carboxylic acids is 1. The van der Waals surface area contributed by atoms with Crippen LogP contribution < -0.4 is 10.1 Å². The highest BCUT2D eigenvalue weighted by Gasteiger charge is 2.13. The fraction of sp³-hybridized carbons (Fsp3) is 0.316. The largest absolute Gasteiger partial charge is 0.497 e. The molecule has 0 aliphatic heterocycles. The van der Waals surface area contributed by atoms with Crippen LogP contribution in [-0.4, -0.2) is 18.8 Å². The average Bonchev–Trinajstić information content (AvgIpc) is 2.61. The van der Waals surface area contributed by atoms with Crippen molar-refractivity contribution in [2.75, 3.05) is 12.9 Å². The minimum Gasteiger partial charge on any atom is -0.497 e. The van der Waals surface area contributed by atoms with Crippen LogP contribution in [0.5, 0.6) is 5.75 Å². The molecule has 0 bridgehead atoms. The summed E-state index contributed by atoms with van der Waals surface area (Å²) in [6, 6.07) is 15.5. The molecular formula is C19H22ClNO2S. The van der Waals surface area contributed by atoms with Crippen LogP contribution in [-0.2, 0) is 10.5 Å². The van der Waals surface area contributed by atoms with Crippen LogP contribution in [0.15, 0.2) is 48.5 Å². The molecule has 2 aromatic carbocycles. The summed E-state index contributed by atoms with van der Waals surface area (Å²) in [6.07, 6.45) is 0.841. The number of rotatable bonds is 8. The van der Waals surface area contributed by atoms with Crippen molar-refractivity contribution in [3.8, 4) is 5.75 Å². The smallest absolute Gasteiger partial charge is 0.230 e. The second kappa shape index (κ2) is 9.60.